The van der Waals surface area contributed by atoms with Crippen LogP contribution in [0.15, 0.2) is 30.6 Å². The van der Waals surface area contributed by atoms with Crippen LogP contribution in [0.4, 0.5) is 0 Å². The molecule has 1 N–H and O–H groups in total. The van der Waals surface area contributed by atoms with Crippen molar-refractivity contribution < 1.29 is 4.74 Å². The Labute approximate surface area is 121 Å². The van der Waals surface area contributed by atoms with Gasteiger partial charge in [-0.25, -0.2) is 4.98 Å². The predicted octanol–water partition coefficient (Wildman–Crippen LogP) is 3.59. The molecule has 1 aromatic carbocycles. The molecule has 0 saturated carbocycles. The van der Waals surface area contributed by atoms with Gasteiger partial charge in [0.15, 0.2) is 0 Å². The second-order valence-electron chi connectivity index (χ2n) is 4.09. The number of aromatic nitrogens is 2. The molecule has 0 bridgehead atoms. The van der Waals surface area contributed by atoms with Crippen molar-refractivity contribution in [2.45, 2.75) is 26.2 Å². The molecular weight excluding hydrogens is 339 g/mol. The zero-order valence-corrected chi connectivity index (χ0v) is 12.6. The van der Waals surface area contributed by atoms with E-state index in [-0.39, 0.29) is 0 Å². The topological polar surface area (TPSA) is 37.9 Å². The molecule has 2 rings (SSSR count). The maximum absolute atomic E-state index is 5.70. The second-order valence-corrected chi connectivity index (χ2v) is 5.33. The van der Waals surface area contributed by atoms with E-state index in [0.717, 1.165) is 31.6 Å². The minimum Gasteiger partial charge on any atom is -0.494 e. The van der Waals surface area contributed by atoms with Gasteiger partial charge in [-0.1, -0.05) is 6.92 Å². The third kappa shape index (κ3) is 3.73. The highest BCUT2D eigenvalue weighted by Crippen LogP contribution is 2.14. The van der Waals surface area contributed by atoms with Crippen LogP contribution in [0, 0.1) is 3.57 Å². The first-order valence-electron chi connectivity index (χ1n) is 6.19. The number of aromatic amines is 1. The number of H-pyrrole nitrogens is 1. The molecule has 0 atom stereocenters. The number of nitrogens with zero attached hydrogens (tertiary/aromatic N) is 1. The van der Waals surface area contributed by atoms with Crippen molar-refractivity contribution in [2.24, 2.45) is 0 Å². The van der Waals surface area contributed by atoms with Gasteiger partial charge < -0.3 is 9.72 Å². The third-order valence-corrected chi connectivity index (χ3v) is 3.52. The monoisotopic (exact) mass is 356 g/mol. The van der Waals surface area contributed by atoms with Gasteiger partial charge in [0.2, 0.25) is 0 Å². The molecule has 0 aliphatic heterocycles. The first kappa shape index (κ1) is 13.4. The lowest BCUT2D eigenvalue weighted by Gasteiger charge is -2.06. The summed E-state index contributed by atoms with van der Waals surface area (Å²) in [5, 5.41) is 0. The van der Waals surface area contributed by atoms with E-state index in [4.69, 9.17) is 4.74 Å². The Bertz CT molecular complexity index is 479. The van der Waals surface area contributed by atoms with Gasteiger partial charge in [-0.05, 0) is 66.1 Å². The molecule has 1 aromatic heterocycles. The summed E-state index contributed by atoms with van der Waals surface area (Å²) in [5.41, 5.74) is 2.41. The zero-order chi connectivity index (χ0) is 12.8. The zero-order valence-electron chi connectivity index (χ0n) is 10.4. The summed E-state index contributed by atoms with van der Waals surface area (Å²) in [4.78, 5) is 7.48. The van der Waals surface area contributed by atoms with Gasteiger partial charge in [-0.2, -0.15) is 0 Å². The first-order chi connectivity index (χ1) is 8.79. The molecule has 0 fully saturated rings. The van der Waals surface area contributed by atoms with Crippen LogP contribution in [0.2, 0.25) is 0 Å². The lowest BCUT2D eigenvalue weighted by molar-refractivity contribution is 0.310. The van der Waals surface area contributed by atoms with E-state index in [9.17, 15) is 0 Å². The van der Waals surface area contributed by atoms with Crippen molar-refractivity contribution in [3.8, 4) is 5.75 Å². The van der Waals surface area contributed by atoms with E-state index >= 15 is 0 Å². The third-order valence-electron chi connectivity index (χ3n) is 2.80. The standard InChI is InChI=1S/C14H17IN2O/c1-2-13-14(17-10-16-13)4-3-9-18-12-7-5-11(15)6-8-12/h5-8,10H,2-4,9H2,1H3,(H,16,17). The van der Waals surface area contributed by atoms with E-state index in [2.05, 4.69) is 51.6 Å². The van der Waals surface area contributed by atoms with Crippen molar-refractivity contribution in [3.05, 3.63) is 45.6 Å². The second kappa shape index (κ2) is 6.78. The maximum atomic E-state index is 5.70. The van der Waals surface area contributed by atoms with Gasteiger partial charge in [-0.15, -0.1) is 0 Å². The van der Waals surface area contributed by atoms with Crippen LogP contribution in [0.5, 0.6) is 5.75 Å². The Morgan fingerprint density at radius 1 is 1.28 bits per heavy atom. The molecule has 0 unspecified atom stereocenters. The highest BCUT2D eigenvalue weighted by Gasteiger charge is 2.03. The smallest absolute Gasteiger partial charge is 0.119 e. The molecule has 18 heavy (non-hydrogen) atoms. The van der Waals surface area contributed by atoms with Crippen LogP contribution in [-0.2, 0) is 12.8 Å². The molecule has 96 valence electrons. The fraction of sp³-hybridized carbons (Fsp3) is 0.357. The van der Waals surface area contributed by atoms with Gasteiger partial charge in [0.25, 0.3) is 0 Å². The first-order valence-corrected chi connectivity index (χ1v) is 7.27. The Balaban J connectivity index is 1.74. The lowest BCUT2D eigenvalue weighted by Crippen LogP contribution is -2.01. The van der Waals surface area contributed by atoms with Crippen molar-refractivity contribution in [2.75, 3.05) is 6.61 Å². The van der Waals surface area contributed by atoms with Crippen LogP contribution >= 0.6 is 22.6 Å². The highest BCUT2D eigenvalue weighted by molar-refractivity contribution is 14.1. The van der Waals surface area contributed by atoms with Crippen molar-refractivity contribution in [1.82, 2.24) is 9.97 Å². The number of nitrogens with one attached hydrogen (secondary N) is 1. The molecule has 3 nitrogen and oxygen atoms in total. The van der Waals surface area contributed by atoms with E-state index in [1.807, 2.05) is 12.1 Å². The minimum absolute atomic E-state index is 0.739. The van der Waals surface area contributed by atoms with Crippen LogP contribution < -0.4 is 4.74 Å². The Morgan fingerprint density at radius 2 is 2.06 bits per heavy atom. The molecule has 0 amide bonds. The predicted molar refractivity (Wildman–Crippen MR) is 80.9 cm³/mol. The summed E-state index contributed by atoms with van der Waals surface area (Å²) in [6.07, 6.45) is 4.75. The molecule has 4 heteroatoms. The molecule has 0 saturated heterocycles. The van der Waals surface area contributed by atoms with Gasteiger partial charge >= 0.3 is 0 Å². The number of halogens is 1. The molecular formula is C14H17IN2O. The minimum atomic E-state index is 0.739. The normalized spacial score (nSPS) is 10.6. The highest BCUT2D eigenvalue weighted by atomic mass is 127. The van der Waals surface area contributed by atoms with Crippen LogP contribution in [-0.4, -0.2) is 16.6 Å². The van der Waals surface area contributed by atoms with Crippen LogP contribution in [0.1, 0.15) is 24.7 Å². The van der Waals surface area contributed by atoms with Crippen LogP contribution in [0.3, 0.4) is 0 Å². The van der Waals surface area contributed by atoms with Gasteiger partial charge in [0, 0.05) is 9.26 Å². The van der Waals surface area contributed by atoms with E-state index < -0.39 is 0 Å². The SMILES string of the molecule is CCc1nc[nH]c1CCCOc1ccc(I)cc1. The summed E-state index contributed by atoms with van der Waals surface area (Å²) in [5.74, 6) is 0.941. The number of aryl methyl sites for hydroxylation is 2. The molecule has 1 heterocycles. The van der Waals surface area contributed by atoms with Crippen molar-refractivity contribution in [1.29, 1.82) is 0 Å². The van der Waals surface area contributed by atoms with E-state index in [1.165, 1.54) is 15.0 Å². The summed E-state index contributed by atoms with van der Waals surface area (Å²) < 4.78 is 6.92. The Morgan fingerprint density at radius 3 is 2.78 bits per heavy atom. The Hall–Kier alpha value is -1.04. The number of hydrogen-bond donors (Lipinski definition) is 1. The van der Waals surface area contributed by atoms with E-state index in [1.54, 1.807) is 6.33 Å². The number of benzene rings is 1. The molecule has 0 aliphatic carbocycles. The quantitative estimate of drug-likeness (QED) is 0.635. The van der Waals surface area contributed by atoms with Gasteiger partial charge in [-0.3, -0.25) is 0 Å². The average molecular weight is 356 g/mol. The van der Waals surface area contributed by atoms with Gasteiger partial charge in [0.1, 0.15) is 5.75 Å². The summed E-state index contributed by atoms with van der Waals surface area (Å²) in [7, 11) is 0. The average Bonchev–Trinajstić information content (AvgIpc) is 2.84. The summed E-state index contributed by atoms with van der Waals surface area (Å²) in [6, 6.07) is 8.13. The fourth-order valence-electron chi connectivity index (χ4n) is 1.84. The van der Waals surface area contributed by atoms with Crippen molar-refractivity contribution >= 4 is 22.6 Å². The number of imidazole rings is 1. The maximum Gasteiger partial charge on any atom is 0.119 e. The summed E-state index contributed by atoms with van der Waals surface area (Å²) >= 11 is 2.29. The molecule has 0 spiro atoms. The summed E-state index contributed by atoms with van der Waals surface area (Å²) in [6.45, 7) is 2.87. The lowest BCUT2D eigenvalue weighted by atomic mass is 10.2. The van der Waals surface area contributed by atoms with Crippen LogP contribution in [0.25, 0.3) is 0 Å². The number of hydrogen-bond acceptors (Lipinski definition) is 2. The molecule has 2 aromatic rings. The Kier molecular flexibility index (Phi) is 5.04. The van der Waals surface area contributed by atoms with Crippen molar-refractivity contribution in [3.63, 3.8) is 0 Å². The van der Waals surface area contributed by atoms with E-state index in [0.29, 0.717) is 0 Å². The fourth-order valence-corrected chi connectivity index (χ4v) is 2.20. The molecule has 0 radical (unpaired) electrons. The number of rotatable bonds is 6. The number of ether oxygens (including phenoxy) is 1. The largest absolute Gasteiger partial charge is 0.494 e. The molecule has 0 aliphatic rings. The van der Waals surface area contributed by atoms with Gasteiger partial charge in [0.05, 0.1) is 18.6 Å².